The lowest BCUT2D eigenvalue weighted by molar-refractivity contribution is -0.148. The molecule has 1 saturated heterocycles. The van der Waals surface area contributed by atoms with Crippen molar-refractivity contribution in [2.75, 3.05) is 24.7 Å². The maximum atomic E-state index is 12.3. The highest BCUT2D eigenvalue weighted by atomic mass is 32.2. The van der Waals surface area contributed by atoms with Gasteiger partial charge in [0.25, 0.3) is 5.91 Å². The number of benzene rings is 1. The Bertz CT molecular complexity index is 674. The Morgan fingerprint density at radius 1 is 1.22 bits per heavy atom. The molecule has 0 aliphatic carbocycles. The summed E-state index contributed by atoms with van der Waals surface area (Å²) in [6.07, 6.45) is 1.46. The van der Waals surface area contributed by atoms with Crippen LogP contribution < -0.4 is 15.4 Å². The Hall–Kier alpha value is -2.22. The molecule has 0 radical (unpaired) electrons. The first kappa shape index (κ1) is 21.1. The lowest BCUT2D eigenvalue weighted by Crippen LogP contribution is -2.56. The van der Waals surface area contributed by atoms with Crippen molar-refractivity contribution >= 4 is 29.5 Å². The minimum atomic E-state index is -1.15. The van der Waals surface area contributed by atoms with Gasteiger partial charge in [-0.05, 0) is 49.8 Å². The number of nitrogens with one attached hydrogen (secondary N) is 2. The van der Waals surface area contributed by atoms with Crippen LogP contribution in [0.4, 0.5) is 0 Å². The summed E-state index contributed by atoms with van der Waals surface area (Å²) in [7, 11) is 0. The van der Waals surface area contributed by atoms with Crippen molar-refractivity contribution in [3.05, 3.63) is 29.8 Å². The summed E-state index contributed by atoms with van der Waals surface area (Å²) < 4.78 is 5.44. The zero-order chi connectivity index (χ0) is 19.7. The molecule has 2 rings (SSSR count). The van der Waals surface area contributed by atoms with Crippen LogP contribution in [0, 0.1) is 0 Å². The Balaban J connectivity index is 1.78. The van der Waals surface area contributed by atoms with Gasteiger partial charge >= 0.3 is 5.97 Å². The average Bonchev–Trinajstić information content (AvgIpc) is 2.66. The molecule has 0 bridgehead atoms. The molecular weight excluding hydrogens is 368 g/mol. The van der Waals surface area contributed by atoms with Crippen LogP contribution in [0.2, 0.25) is 0 Å². The SMILES string of the molecule is CCOc1ccccc1C(=O)NCCCC(=O)NC1(C(=O)O)CCSCC1. The number of thioether (sulfide) groups is 1. The first-order valence-electron chi connectivity index (χ1n) is 9.10. The Morgan fingerprint density at radius 2 is 1.93 bits per heavy atom. The van der Waals surface area contributed by atoms with E-state index in [4.69, 9.17) is 4.74 Å². The maximum absolute atomic E-state index is 12.3. The summed E-state index contributed by atoms with van der Waals surface area (Å²) >= 11 is 1.70. The van der Waals surface area contributed by atoms with E-state index in [0.29, 0.717) is 43.7 Å². The molecule has 8 heteroatoms. The molecule has 0 atom stereocenters. The number of para-hydroxylation sites is 1. The third kappa shape index (κ3) is 5.89. The lowest BCUT2D eigenvalue weighted by Gasteiger charge is -2.33. The smallest absolute Gasteiger partial charge is 0.329 e. The third-order valence-electron chi connectivity index (χ3n) is 4.43. The second kappa shape index (κ2) is 10.2. The van der Waals surface area contributed by atoms with Gasteiger partial charge in [-0.3, -0.25) is 9.59 Å². The van der Waals surface area contributed by atoms with E-state index in [1.807, 2.05) is 6.92 Å². The molecule has 0 unspecified atom stereocenters. The van der Waals surface area contributed by atoms with E-state index in [2.05, 4.69) is 10.6 Å². The van der Waals surface area contributed by atoms with Crippen LogP contribution in [-0.2, 0) is 9.59 Å². The fourth-order valence-corrected chi connectivity index (χ4v) is 4.11. The van der Waals surface area contributed by atoms with Crippen molar-refractivity contribution in [3.8, 4) is 5.75 Å². The molecule has 3 N–H and O–H groups in total. The van der Waals surface area contributed by atoms with Gasteiger partial charge in [0.05, 0.1) is 12.2 Å². The summed E-state index contributed by atoms with van der Waals surface area (Å²) in [6, 6.07) is 6.98. The molecule has 0 saturated carbocycles. The summed E-state index contributed by atoms with van der Waals surface area (Å²) in [6.45, 7) is 2.64. The molecule has 148 valence electrons. The van der Waals surface area contributed by atoms with Crippen LogP contribution >= 0.6 is 11.8 Å². The average molecular weight is 394 g/mol. The Morgan fingerprint density at radius 3 is 2.59 bits per heavy atom. The minimum absolute atomic E-state index is 0.162. The second-order valence-corrected chi connectivity index (χ2v) is 7.56. The normalized spacial score (nSPS) is 15.6. The van der Waals surface area contributed by atoms with E-state index in [1.165, 1.54) is 0 Å². The zero-order valence-corrected chi connectivity index (χ0v) is 16.3. The summed E-state index contributed by atoms with van der Waals surface area (Å²) in [5.74, 6) is 0.439. The molecule has 1 fully saturated rings. The highest BCUT2D eigenvalue weighted by Gasteiger charge is 2.41. The number of hydrogen-bond donors (Lipinski definition) is 3. The first-order chi connectivity index (χ1) is 13.0. The van der Waals surface area contributed by atoms with Gasteiger partial charge in [0.15, 0.2) is 0 Å². The van der Waals surface area contributed by atoms with Crippen molar-refractivity contribution in [1.29, 1.82) is 0 Å². The summed E-state index contributed by atoms with van der Waals surface area (Å²) in [5.41, 5.74) is -0.699. The number of ether oxygens (including phenoxy) is 1. The fraction of sp³-hybridized carbons (Fsp3) is 0.526. The van der Waals surface area contributed by atoms with Gasteiger partial charge in [-0.2, -0.15) is 11.8 Å². The van der Waals surface area contributed by atoms with E-state index >= 15 is 0 Å². The van der Waals surface area contributed by atoms with E-state index in [9.17, 15) is 19.5 Å². The Kier molecular flexibility index (Phi) is 7.97. The molecule has 27 heavy (non-hydrogen) atoms. The number of rotatable bonds is 9. The quantitative estimate of drug-likeness (QED) is 0.554. The van der Waals surface area contributed by atoms with Gasteiger partial charge in [-0.1, -0.05) is 12.1 Å². The van der Waals surface area contributed by atoms with Crippen LogP contribution in [-0.4, -0.2) is 53.1 Å². The van der Waals surface area contributed by atoms with Crippen LogP contribution in [0.1, 0.15) is 43.0 Å². The molecule has 0 aromatic heterocycles. The second-order valence-electron chi connectivity index (χ2n) is 6.34. The number of amides is 2. The topological polar surface area (TPSA) is 105 Å². The molecule has 1 aliphatic rings. The number of carbonyl (C=O) groups is 3. The van der Waals surface area contributed by atoms with Crippen molar-refractivity contribution in [1.82, 2.24) is 10.6 Å². The first-order valence-corrected chi connectivity index (χ1v) is 10.3. The van der Waals surface area contributed by atoms with Gasteiger partial charge in [0, 0.05) is 13.0 Å². The van der Waals surface area contributed by atoms with E-state index in [0.717, 1.165) is 11.5 Å². The number of carboxylic acid groups (broad SMARTS) is 1. The van der Waals surface area contributed by atoms with Gasteiger partial charge < -0.3 is 20.5 Å². The summed E-state index contributed by atoms with van der Waals surface area (Å²) in [5, 5.41) is 14.9. The summed E-state index contributed by atoms with van der Waals surface area (Å²) in [4.78, 5) is 36.0. The van der Waals surface area contributed by atoms with Gasteiger partial charge in [-0.25, -0.2) is 4.79 Å². The Labute approximate surface area is 163 Å². The molecule has 7 nitrogen and oxygen atoms in total. The van der Waals surface area contributed by atoms with Crippen LogP contribution in [0.5, 0.6) is 5.75 Å². The highest BCUT2D eigenvalue weighted by molar-refractivity contribution is 7.99. The number of carbonyl (C=O) groups excluding carboxylic acids is 2. The van der Waals surface area contributed by atoms with Crippen molar-refractivity contribution in [3.63, 3.8) is 0 Å². The molecule has 2 amide bonds. The van der Waals surface area contributed by atoms with Crippen LogP contribution in [0.3, 0.4) is 0 Å². The van der Waals surface area contributed by atoms with E-state index in [-0.39, 0.29) is 18.2 Å². The highest BCUT2D eigenvalue weighted by Crippen LogP contribution is 2.27. The number of hydrogen-bond acceptors (Lipinski definition) is 5. The van der Waals surface area contributed by atoms with Gasteiger partial charge in [-0.15, -0.1) is 0 Å². The third-order valence-corrected chi connectivity index (χ3v) is 5.42. The largest absolute Gasteiger partial charge is 0.493 e. The van der Waals surface area contributed by atoms with Crippen molar-refractivity contribution < 1.29 is 24.2 Å². The number of carboxylic acids is 1. The van der Waals surface area contributed by atoms with Crippen LogP contribution in [0.25, 0.3) is 0 Å². The molecule has 0 spiro atoms. The standard InChI is InChI=1S/C19H26N2O5S/c1-2-26-15-7-4-3-6-14(15)17(23)20-11-5-8-16(22)21-19(18(24)25)9-12-27-13-10-19/h3-4,6-7H,2,5,8-13H2,1H3,(H,20,23)(H,21,22)(H,24,25). The van der Waals surface area contributed by atoms with Crippen molar-refractivity contribution in [2.45, 2.75) is 38.1 Å². The maximum Gasteiger partial charge on any atom is 0.329 e. The molecule has 1 aromatic carbocycles. The van der Waals surface area contributed by atoms with Crippen molar-refractivity contribution in [2.24, 2.45) is 0 Å². The lowest BCUT2D eigenvalue weighted by atomic mass is 9.92. The molecule has 1 aromatic rings. The number of aliphatic carboxylic acids is 1. The van der Waals surface area contributed by atoms with Gasteiger partial charge in [0.2, 0.25) is 5.91 Å². The van der Waals surface area contributed by atoms with Crippen LogP contribution in [0.15, 0.2) is 24.3 Å². The van der Waals surface area contributed by atoms with E-state index < -0.39 is 11.5 Å². The zero-order valence-electron chi connectivity index (χ0n) is 15.5. The molecule has 1 aliphatic heterocycles. The minimum Gasteiger partial charge on any atom is -0.493 e. The monoisotopic (exact) mass is 394 g/mol. The predicted molar refractivity (Wildman–Crippen MR) is 104 cm³/mol. The van der Waals surface area contributed by atoms with Gasteiger partial charge in [0.1, 0.15) is 11.3 Å². The molecular formula is C19H26N2O5S. The fourth-order valence-electron chi connectivity index (χ4n) is 2.92. The predicted octanol–water partition coefficient (Wildman–Crippen LogP) is 2.06. The molecule has 1 heterocycles. The van der Waals surface area contributed by atoms with E-state index in [1.54, 1.807) is 36.0 Å².